The number of ether oxygens (including phenoxy) is 1. The van der Waals surface area contributed by atoms with Crippen LogP contribution in [0.5, 0.6) is 0 Å². The lowest BCUT2D eigenvalue weighted by atomic mass is 10.0. The highest BCUT2D eigenvalue weighted by atomic mass is 35.5. The number of hydrogen-bond donors (Lipinski definition) is 2. The molecule has 0 amide bonds. The first-order chi connectivity index (χ1) is 9.92. The van der Waals surface area contributed by atoms with Crippen molar-refractivity contribution in [2.24, 2.45) is 11.1 Å². The van der Waals surface area contributed by atoms with Crippen LogP contribution >= 0.6 is 11.6 Å². The summed E-state index contributed by atoms with van der Waals surface area (Å²) in [6.45, 7) is 1.38. The average Bonchev–Trinajstić information content (AvgIpc) is 3.24. The van der Waals surface area contributed by atoms with Crippen molar-refractivity contribution in [3.63, 3.8) is 0 Å². The molecule has 2 rings (SSSR count). The Balaban J connectivity index is 2.03. The number of hydrogen-bond acceptors (Lipinski definition) is 4. The minimum atomic E-state index is -3.54. The molecule has 1 aromatic rings. The molecule has 3 N–H and O–H groups in total. The smallest absolute Gasteiger partial charge is 0.240 e. The summed E-state index contributed by atoms with van der Waals surface area (Å²) in [6.07, 6.45) is 2.94. The Hall–Kier alpha value is -0.660. The first-order valence-corrected chi connectivity index (χ1v) is 8.76. The molecule has 0 unspecified atom stereocenters. The Labute approximate surface area is 130 Å². The summed E-state index contributed by atoms with van der Waals surface area (Å²) in [4.78, 5) is 0.173. The molecule has 1 aromatic carbocycles. The molecule has 0 aliphatic heterocycles. The molecule has 5 nitrogen and oxygen atoms in total. The number of nitrogens with two attached hydrogens (primary N) is 1. The average molecular weight is 333 g/mol. The Morgan fingerprint density at radius 1 is 1.43 bits per heavy atom. The van der Waals surface area contributed by atoms with Crippen molar-refractivity contribution in [3.8, 4) is 0 Å². The van der Waals surface area contributed by atoms with Gasteiger partial charge in [-0.1, -0.05) is 17.7 Å². The molecule has 21 heavy (non-hydrogen) atoms. The van der Waals surface area contributed by atoms with Gasteiger partial charge in [0.15, 0.2) is 0 Å². The fraction of sp³-hybridized carbons (Fsp3) is 0.571. The van der Waals surface area contributed by atoms with E-state index in [1.807, 2.05) is 0 Å². The predicted octanol–water partition coefficient (Wildman–Crippen LogP) is 1.89. The summed E-state index contributed by atoms with van der Waals surface area (Å²) in [6, 6.07) is 4.63. The summed E-state index contributed by atoms with van der Waals surface area (Å²) in [5.41, 5.74) is 6.31. The summed E-state index contributed by atoms with van der Waals surface area (Å²) in [5.74, 6) is 0. The first kappa shape index (κ1) is 16.7. The van der Waals surface area contributed by atoms with E-state index in [0.29, 0.717) is 18.2 Å². The highest BCUT2D eigenvalue weighted by molar-refractivity contribution is 7.89. The van der Waals surface area contributed by atoms with Crippen LogP contribution < -0.4 is 10.5 Å². The minimum Gasteiger partial charge on any atom is -0.385 e. The number of sulfonamides is 1. The van der Waals surface area contributed by atoms with Gasteiger partial charge in [-0.2, -0.15) is 0 Å². The second-order valence-corrected chi connectivity index (χ2v) is 7.70. The SMILES string of the molecule is COCCC1(CNS(=O)(=O)c2ccc(CN)c(Cl)c2)CC1. The molecule has 0 heterocycles. The lowest BCUT2D eigenvalue weighted by molar-refractivity contribution is 0.173. The van der Waals surface area contributed by atoms with E-state index in [0.717, 1.165) is 24.8 Å². The van der Waals surface area contributed by atoms with Crippen molar-refractivity contribution >= 4 is 21.6 Å². The van der Waals surface area contributed by atoms with Gasteiger partial charge in [-0.3, -0.25) is 0 Å². The molecule has 0 radical (unpaired) electrons. The number of rotatable bonds is 8. The number of halogens is 1. The lowest BCUT2D eigenvalue weighted by Crippen LogP contribution is -2.31. The van der Waals surface area contributed by atoms with Gasteiger partial charge >= 0.3 is 0 Å². The van der Waals surface area contributed by atoms with Crippen LogP contribution in [0.15, 0.2) is 23.1 Å². The van der Waals surface area contributed by atoms with Crippen molar-refractivity contribution < 1.29 is 13.2 Å². The van der Waals surface area contributed by atoms with E-state index >= 15 is 0 Å². The third-order valence-electron chi connectivity index (χ3n) is 3.99. The third-order valence-corrected chi connectivity index (χ3v) is 5.74. The van der Waals surface area contributed by atoms with E-state index in [2.05, 4.69) is 4.72 Å². The van der Waals surface area contributed by atoms with Crippen LogP contribution in [0.1, 0.15) is 24.8 Å². The van der Waals surface area contributed by atoms with Gasteiger partial charge in [0.2, 0.25) is 10.0 Å². The molecule has 1 saturated carbocycles. The first-order valence-electron chi connectivity index (χ1n) is 6.90. The van der Waals surface area contributed by atoms with Crippen LogP contribution in [0.25, 0.3) is 0 Å². The largest absolute Gasteiger partial charge is 0.385 e. The van der Waals surface area contributed by atoms with E-state index < -0.39 is 10.0 Å². The van der Waals surface area contributed by atoms with Crippen molar-refractivity contribution in [1.82, 2.24) is 4.72 Å². The van der Waals surface area contributed by atoms with Crippen molar-refractivity contribution in [1.29, 1.82) is 0 Å². The zero-order chi connectivity index (χ0) is 15.5. The van der Waals surface area contributed by atoms with Gasteiger partial charge in [0.05, 0.1) is 4.90 Å². The van der Waals surface area contributed by atoms with Crippen LogP contribution in [0.3, 0.4) is 0 Å². The van der Waals surface area contributed by atoms with Crippen LogP contribution in [-0.2, 0) is 21.3 Å². The zero-order valence-corrected chi connectivity index (χ0v) is 13.6. The third kappa shape index (κ3) is 4.17. The fourth-order valence-electron chi connectivity index (χ4n) is 2.20. The maximum absolute atomic E-state index is 12.3. The van der Waals surface area contributed by atoms with E-state index in [9.17, 15) is 8.42 Å². The van der Waals surface area contributed by atoms with Crippen molar-refractivity contribution in [2.75, 3.05) is 20.3 Å². The molecule has 0 bridgehead atoms. The Bertz CT molecular complexity index is 600. The Morgan fingerprint density at radius 2 is 2.14 bits per heavy atom. The molecular formula is C14H21ClN2O3S. The molecular weight excluding hydrogens is 312 g/mol. The quantitative estimate of drug-likeness (QED) is 0.761. The number of nitrogens with one attached hydrogen (secondary N) is 1. The summed E-state index contributed by atoms with van der Waals surface area (Å²) in [7, 11) is -1.89. The monoisotopic (exact) mass is 332 g/mol. The molecule has 0 aromatic heterocycles. The van der Waals surface area contributed by atoms with Crippen LogP contribution in [0, 0.1) is 5.41 Å². The number of benzene rings is 1. The van der Waals surface area contributed by atoms with Crippen molar-refractivity contribution in [3.05, 3.63) is 28.8 Å². The lowest BCUT2D eigenvalue weighted by Gasteiger charge is -2.16. The fourth-order valence-corrected chi connectivity index (χ4v) is 3.71. The highest BCUT2D eigenvalue weighted by Crippen LogP contribution is 2.48. The molecule has 0 saturated heterocycles. The zero-order valence-electron chi connectivity index (χ0n) is 12.1. The summed E-state index contributed by atoms with van der Waals surface area (Å²) in [5, 5.41) is 0.376. The maximum Gasteiger partial charge on any atom is 0.240 e. The Morgan fingerprint density at radius 3 is 2.67 bits per heavy atom. The van der Waals surface area contributed by atoms with E-state index in [1.54, 1.807) is 13.2 Å². The van der Waals surface area contributed by atoms with Gasteiger partial charge < -0.3 is 10.5 Å². The topological polar surface area (TPSA) is 81.4 Å². The number of methoxy groups -OCH3 is 1. The van der Waals surface area contributed by atoms with Gasteiger partial charge in [-0.25, -0.2) is 13.1 Å². The second-order valence-electron chi connectivity index (χ2n) is 5.52. The molecule has 118 valence electrons. The maximum atomic E-state index is 12.3. The van der Waals surface area contributed by atoms with Crippen LogP contribution in [-0.4, -0.2) is 28.7 Å². The highest BCUT2D eigenvalue weighted by Gasteiger charge is 2.42. The van der Waals surface area contributed by atoms with Crippen molar-refractivity contribution in [2.45, 2.75) is 30.7 Å². The van der Waals surface area contributed by atoms with Gasteiger partial charge in [0, 0.05) is 31.8 Å². The van der Waals surface area contributed by atoms with Crippen LogP contribution in [0.4, 0.5) is 0 Å². The summed E-state index contributed by atoms with van der Waals surface area (Å²) < 4.78 is 32.3. The summed E-state index contributed by atoms with van der Waals surface area (Å²) >= 11 is 6.02. The van der Waals surface area contributed by atoms with Gasteiger partial charge in [-0.15, -0.1) is 0 Å². The van der Waals surface area contributed by atoms with Gasteiger partial charge in [0.1, 0.15) is 0 Å². The molecule has 1 fully saturated rings. The standard InChI is InChI=1S/C14H21ClN2O3S/c1-20-7-6-14(4-5-14)10-17-21(18,19)12-3-2-11(9-16)13(15)8-12/h2-3,8,17H,4-7,9-10,16H2,1H3. The normalized spacial score (nSPS) is 16.9. The van der Waals surface area contributed by atoms with E-state index in [1.165, 1.54) is 12.1 Å². The predicted molar refractivity (Wildman–Crippen MR) is 82.7 cm³/mol. The molecule has 0 spiro atoms. The van der Waals surface area contributed by atoms with Crippen LogP contribution in [0.2, 0.25) is 5.02 Å². The molecule has 0 atom stereocenters. The molecule has 1 aliphatic carbocycles. The van der Waals surface area contributed by atoms with Gasteiger partial charge in [-0.05, 0) is 42.4 Å². The molecule has 1 aliphatic rings. The van der Waals surface area contributed by atoms with Gasteiger partial charge in [0.25, 0.3) is 0 Å². The second kappa shape index (κ2) is 6.62. The van der Waals surface area contributed by atoms with E-state index in [-0.39, 0.29) is 16.9 Å². The molecule has 7 heteroatoms. The minimum absolute atomic E-state index is 0.0596. The Kier molecular flexibility index (Phi) is 5.27. The van der Waals surface area contributed by atoms with E-state index in [4.69, 9.17) is 22.1 Å².